The van der Waals surface area contributed by atoms with E-state index in [4.69, 9.17) is 9.47 Å². The summed E-state index contributed by atoms with van der Waals surface area (Å²) in [6.45, 7) is 1.58. The molecule has 31 heavy (non-hydrogen) atoms. The van der Waals surface area contributed by atoms with E-state index in [2.05, 4.69) is 10.6 Å². The monoisotopic (exact) mass is 423 g/mol. The number of nitrogens with zero attached hydrogens (tertiary/aromatic N) is 1. The van der Waals surface area contributed by atoms with Gasteiger partial charge in [0.15, 0.2) is 11.5 Å². The van der Waals surface area contributed by atoms with Gasteiger partial charge in [0.1, 0.15) is 6.61 Å². The Morgan fingerprint density at radius 3 is 2.39 bits per heavy atom. The number of carbonyl (C=O) groups is 3. The Morgan fingerprint density at radius 1 is 0.935 bits per heavy atom. The molecule has 2 N–H and O–H groups in total. The van der Waals surface area contributed by atoms with Gasteiger partial charge in [0.25, 0.3) is 5.91 Å². The third-order valence-electron chi connectivity index (χ3n) is 5.33. The molecule has 2 aliphatic heterocycles. The maximum atomic E-state index is 12.4. The van der Waals surface area contributed by atoms with Crippen molar-refractivity contribution < 1.29 is 23.9 Å². The number of carbonyl (C=O) groups excluding carboxylic acids is 3. The quantitative estimate of drug-likeness (QED) is 0.651. The molecule has 0 radical (unpaired) electrons. The minimum Gasteiger partial charge on any atom is -0.485 e. The molecule has 2 aromatic carbocycles. The number of hydrogen-bond acceptors (Lipinski definition) is 5. The van der Waals surface area contributed by atoms with Crippen molar-refractivity contribution in [2.24, 2.45) is 5.92 Å². The zero-order valence-corrected chi connectivity index (χ0v) is 17.1. The molecule has 4 rings (SSSR count). The van der Waals surface area contributed by atoms with Crippen LogP contribution < -0.4 is 20.1 Å². The summed E-state index contributed by atoms with van der Waals surface area (Å²) in [7, 11) is 0. The molecular weight excluding hydrogens is 398 g/mol. The Hall–Kier alpha value is -3.55. The minimum atomic E-state index is -0.732. The molecule has 0 bridgehead atoms. The van der Waals surface area contributed by atoms with Gasteiger partial charge in [-0.15, -0.1) is 0 Å². The Balaban J connectivity index is 1.17. The topological polar surface area (TPSA) is 97.0 Å². The van der Waals surface area contributed by atoms with Crippen molar-refractivity contribution >= 4 is 17.7 Å². The summed E-state index contributed by atoms with van der Waals surface area (Å²) in [5.74, 6) is 0.281. The minimum absolute atomic E-state index is 0.0213. The van der Waals surface area contributed by atoms with E-state index in [0.29, 0.717) is 24.6 Å². The fraction of sp³-hybridized carbons (Fsp3) is 0.348. The molecule has 0 unspecified atom stereocenters. The molecule has 0 spiro atoms. The lowest BCUT2D eigenvalue weighted by Gasteiger charge is -2.25. The van der Waals surface area contributed by atoms with E-state index >= 15 is 0 Å². The first kappa shape index (κ1) is 20.7. The largest absolute Gasteiger partial charge is 0.485 e. The lowest BCUT2D eigenvalue weighted by molar-refractivity contribution is -0.130. The summed E-state index contributed by atoms with van der Waals surface area (Å²) in [6, 6.07) is 16.9. The van der Waals surface area contributed by atoms with Gasteiger partial charge in [0.05, 0.1) is 5.92 Å². The SMILES string of the molecule is O=C(NCCNC(=O)[C@H]1COc2ccccc2O1)[C@H]1CC(=O)N(Cc2ccccc2)C1. The van der Waals surface area contributed by atoms with E-state index in [0.717, 1.165) is 5.56 Å². The molecule has 0 aliphatic carbocycles. The second kappa shape index (κ2) is 9.51. The third kappa shape index (κ3) is 5.14. The smallest absolute Gasteiger partial charge is 0.264 e. The number of amides is 3. The molecule has 3 amide bonds. The molecule has 8 nitrogen and oxygen atoms in total. The van der Waals surface area contributed by atoms with Gasteiger partial charge in [0, 0.05) is 32.6 Å². The Kier molecular flexibility index (Phi) is 6.35. The standard InChI is InChI=1S/C23H25N3O5/c27-21-12-17(14-26(21)13-16-6-2-1-3-7-16)22(28)24-10-11-25-23(29)20-15-30-18-8-4-5-9-19(18)31-20/h1-9,17,20H,10-15H2,(H,24,28)(H,25,29)/t17-,20+/m0/s1. The van der Waals surface area contributed by atoms with Crippen molar-refractivity contribution in [1.82, 2.24) is 15.5 Å². The van der Waals surface area contributed by atoms with Gasteiger partial charge in [-0.3, -0.25) is 14.4 Å². The second-order valence-electron chi connectivity index (χ2n) is 7.61. The van der Waals surface area contributed by atoms with Crippen molar-refractivity contribution in [2.75, 3.05) is 26.2 Å². The number of hydrogen-bond donors (Lipinski definition) is 2. The molecule has 1 fully saturated rings. The average Bonchev–Trinajstić information content (AvgIpc) is 3.17. The lowest BCUT2D eigenvalue weighted by Crippen LogP contribution is -2.46. The molecule has 0 aromatic heterocycles. The van der Waals surface area contributed by atoms with Crippen LogP contribution in [0.4, 0.5) is 0 Å². The highest BCUT2D eigenvalue weighted by Gasteiger charge is 2.34. The number of rotatable bonds is 7. The summed E-state index contributed by atoms with van der Waals surface area (Å²) in [5.41, 5.74) is 1.04. The number of likely N-dealkylation sites (tertiary alicyclic amines) is 1. The third-order valence-corrected chi connectivity index (χ3v) is 5.33. The van der Waals surface area contributed by atoms with E-state index in [1.54, 1.807) is 17.0 Å². The maximum Gasteiger partial charge on any atom is 0.264 e. The maximum absolute atomic E-state index is 12.4. The molecule has 8 heteroatoms. The van der Waals surface area contributed by atoms with Crippen molar-refractivity contribution in [3.63, 3.8) is 0 Å². The van der Waals surface area contributed by atoms with Crippen molar-refractivity contribution in [3.8, 4) is 11.5 Å². The lowest BCUT2D eigenvalue weighted by atomic mass is 10.1. The van der Waals surface area contributed by atoms with E-state index < -0.39 is 6.10 Å². The Bertz CT molecular complexity index is 949. The number of fused-ring (bicyclic) bond motifs is 1. The van der Waals surface area contributed by atoms with Crippen LogP contribution >= 0.6 is 0 Å². The van der Waals surface area contributed by atoms with Crippen LogP contribution in [0.2, 0.25) is 0 Å². The van der Waals surface area contributed by atoms with Crippen molar-refractivity contribution in [1.29, 1.82) is 0 Å². The molecule has 1 saturated heterocycles. The Labute approximate surface area is 180 Å². The summed E-state index contributed by atoms with van der Waals surface area (Å²) in [6.07, 6.45) is -0.526. The molecule has 2 aromatic rings. The first-order valence-electron chi connectivity index (χ1n) is 10.4. The van der Waals surface area contributed by atoms with Crippen LogP contribution in [0.1, 0.15) is 12.0 Å². The summed E-state index contributed by atoms with van der Waals surface area (Å²) in [5, 5.41) is 5.54. The van der Waals surface area contributed by atoms with Gasteiger partial charge >= 0.3 is 0 Å². The van der Waals surface area contributed by atoms with Gasteiger partial charge in [-0.2, -0.15) is 0 Å². The van der Waals surface area contributed by atoms with Crippen LogP contribution in [-0.2, 0) is 20.9 Å². The van der Waals surface area contributed by atoms with Crippen molar-refractivity contribution in [2.45, 2.75) is 19.1 Å². The predicted octanol–water partition coefficient (Wildman–Crippen LogP) is 1.11. The molecule has 2 atom stereocenters. The summed E-state index contributed by atoms with van der Waals surface area (Å²) >= 11 is 0. The highest BCUT2D eigenvalue weighted by atomic mass is 16.6. The van der Waals surface area contributed by atoms with Crippen LogP contribution in [0.25, 0.3) is 0 Å². The Morgan fingerprint density at radius 2 is 1.61 bits per heavy atom. The van der Waals surface area contributed by atoms with Crippen LogP contribution in [0, 0.1) is 5.92 Å². The van der Waals surface area contributed by atoms with E-state index in [-0.39, 0.29) is 49.8 Å². The van der Waals surface area contributed by atoms with Crippen LogP contribution in [0.3, 0.4) is 0 Å². The number of nitrogens with one attached hydrogen (secondary N) is 2. The summed E-state index contributed by atoms with van der Waals surface area (Å²) in [4.78, 5) is 38.7. The van der Waals surface area contributed by atoms with Crippen LogP contribution in [0.15, 0.2) is 54.6 Å². The highest BCUT2D eigenvalue weighted by Crippen LogP contribution is 2.30. The summed E-state index contributed by atoms with van der Waals surface area (Å²) < 4.78 is 11.2. The normalized spacial score (nSPS) is 19.7. The van der Waals surface area contributed by atoms with E-state index in [9.17, 15) is 14.4 Å². The highest BCUT2D eigenvalue weighted by molar-refractivity contribution is 5.89. The number of benzene rings is 2. The fourth-order valence-electron chi connectivity index (χ4n) is 3.68. The van der Waals surface area contributed by atoms with Gasteiger partial charge in [-0.05, 0) is 17.7 Å². The molecule has 2 aliphatic rings. The van der Waals surface area contributed by atoms with Crippen LogP contribution in [-0.4, -0.2) is 55.0 Å². The van der Waals surface area contributed by atoms with E-state index in [1.807, 2.05) is 42.5 Å². The van der Waals surface area contributed by atoms with E-state index in [1.165, 1.54) is 0 Å². The predicted molar refractivity (Wildman–Crippen MR) is 112 cm³/mol. The van der Waals surface area contributed by atoms with Gasteiger partial charge < -0.3 is 25.0 Å². The van der Waals surface area contributed by atoms with Gasteiger partial charge in [-0.1, -0.05) is 42.5 Å². The molecule has 2 heterocycles. The first-order valence-corrected chi connectivity index (χ1v) is 10.4. The van der Waals surface area contributed by atoms with Crippen LogP contribution in [0.5, 0.6) is 11.5 Å². The fourth-order valence-corrected chi connectivity index (χ4v) is 3.68. The van der Waals surface area contributed by atoms with Gasteiger partial charge in [0.2, 0.25) is 17.9 Å². The second-order valence-corrected chi connectivity index (χ2v) is 7.61. The van der Waals surface area contributed by atoms with Gasteiger partial charge in [-0.25, -0.2) is 0 Å². The molecule has 162 valence electrons. The number of para-hydroxylation sites is 2. The zero-order valence-electron chi connectivity index (χ0n) is 17.1. The van der Waals surface area contributed by atoms with Crippen molar-refractivity contribution in [3.05, 3.63) is 60.2 Å². The average molecular weight is 423 g/mol. The number of ether oxygens (including phenoxy) is 2. The molecule has 0 saturated carbocycles. The first-order chi connectivity index (χ1) is 15.1. The zero-order chi connectivity index (χ0) is 21.6. The molecular formula is C23H25N3O5.